The number of amides is 1. The molecule has 2 N–H and O–H groups in total. The minimum atomic E-state index is -0.247. The fraction of sp³-hybridized carbons (Fsp3) is 0.294. The molecule has 0 aliphatic rings. The summed E-state index contributed by atoms with van der Waals surface area (Å²) in [5.74, 6) is -0.306. The van der Waals surface area contributed by atoms with Crippen LogP contribution in [0.15, 0.2) is 36.9 Å². The highest BCUT2D eigenvalue weighted by molar-refractivity contribution is 5.96. The van der Waals surface area contributed by atoms with E-state index in [0.717, 1.165) is 27.8 Å². The average Bonchev–Trinajstić information content (AvgIpc) is 2.45. The molecule has 0 spiro atoms. The average molecular weight is 283 g/mol. The molecular weight excluding hydrogens is 262 g/mol. The molecule has 0 fully saturated rings. The first kappa shape index (κ1) is 15.2. The molecule has 21 heavy (non-hydrogen) atoms. The predicted molar refractivity (Wildman–Crippen MR) is 87.5 cm³/mol. The maximum absolute atomic E-state index is 12.2. The monoisotopic (exact) mass is 283 g/mol. The van der Waals surface area contributed by atoms with E-state index in [9.17, 15) is 4.79 Å². The Morgan fingerprint density at radius 1 is 1.38 bits per heavy atom. The summed E-state index contributed by atoms with van der Waals surface area (Å²) in [5, 5.41) is 6.98. The number of benzene rings is 1. The zero-order valence-corrected chi connectivity index (χ0v) is 12.7. The molecule has 0 aliphatic carbocycles. The van der Waals surface area contributed by atoms with Crippen molar-refractivity contribution in [3.63, 3.8) is 0 Å². The quantitative estimate of drug-likeness (QED) is 0.830. The summed E-state index contributed by atoms with van der Waals surface area (Å²) in [6.07, 6.45) is 1.66. The van der Waals surface area contributed by atoms with Crippen LogP contribution in [0.5, 0.6) is 0 Å². The molecule has 1 aromatic heterocycles. The molecule has 0 bridgehead atoms. The lowest BCUT2D eigenvalue weighted by Crippen LogP contribution is -2.29. The summed E-state index contributed by atoms with van der Waals surface area (Å²) in [6, 6.07) is 7.83. The lowest BCUT2D eigenvalue weighted by molar-refractivity contribution is -0.118. The highest BCUT2D eigenvalue weighted by Gasteiger charge is 2.14. The molecule has 1 heterocycles. The molecule has 0 radical (unpaired) electrons. The first-order valence-corrected chi connectivity index (χ1v) is 7.01. The summed E-state index contributed by atoms with van der Waals surface area (Å²) < 4.78 is 0. The number of carbonyl (C=O) groups is 1. The number of nitrogens with zero attached hydrogens (tertiary/aromatic N) is 1. The Bertz CT molecular complexity index is 679. The number of rotatable bonds is 5. The van der Waals surface area contributed by atoms with E-state index in [4.69, 9.17) is 0 Å². The van der Waals surface area contributed by atoms with E-state index in [1.807, 2.05) is 38.2 Å². The third kappa shape index (κ3) is 3.47. The summed E-state index contributed by atoms with van der Waals surface area (Å²) in [6.45, 7) is 8.31. The number of nitrogens with one attached hydrogen (secondary N) is 2. The van der Waals surface area contributed by atoms with E-state index in [0.29, 0.717) is 6.54 Å². The van der Waals surface area contributed by atoms with Crippen LogP contribution in [-0.2, 0) is 4.79 Å². The molecule has 1 amide bonds. The SMILES string of the molecule is C=CC(CNC)C(=O)Nc1ccc2nc(C)cc(C)c2c1. The van der Waals surface area contributed by atoms with Crippen molar-refractivity contribution >= 4 is 22.5 Å². The zero-order chi connectivity index (χ0) is 15.4. The van der Waals surface area contributed by atoms with E-state index in [2.05, 4.69) is 29.1 Å². The Morgan fingerprint density at radius 2 is 2.14 bits per heavy atom. The summed E-state index contributed by atoms with van der Waals surface area (Å²) in [5.41, 5.74) is 3.88. The van der Waals surface area contributed by atoms with Gasteiger partial charge in [0.15, 0.2) is 0 Å². The van der Waals surface area contributed by atoms with Crippen molar-refractivity contribution in [1.29, 1.82) is 0 Å². The van der Waals surface area contributed by atoms with Crippen LogP contribution in [0.25, 0.3) is 10.9 Å². The molecule has 0 saturated carbocycles. The predicted octanol–water partition coefficient (Wildman–Crippen LogP) is 2.81. The van der Waals surface area contributed by atoms with E-state index in [1.54, 1.807) is 6.08 Å². The first-order valence-electron chi connectivity index (χ1n) is 7.01. The maximum Gasteiger partial charge on any atom is 0.232 e. The summed E-state index contributed by atoms with van der Waals surface area (Å²) in [7, 11) is 1.82. The van der Waals surface area contributed by atoms with Gasteiger partial charge in [0.25, 0.3) is 0 Å². The van der Waals surface area contributed by atoms with Gasteiger partial charge in [0.1, 0.15) is 0 Å². The third-order valence-electron chi connectivity index (χ3n) is 3.46. The molecule has 0 aliphatic heterocycles. The Morgan fingerprint density at radius 3 is 2.81 bits per heavy atom. The normalized spacial score (nSPS) is 12.1. The first-order chi connectivity index (χ1) is 10.0. The molecule has 2 aromatic rings. The van der Waals surface area contributed by atoms with Gasteiger partial charge in [-0.2, -0.15) is 0 Å². The Balaban J connectivity index is 2.27. The van der Waals surface area contributed by atoms with Crippen molar-refractivity contribution in [2.75, 3.05) is 18.9 Å². The molecule has 2 rings (SSSR count). The lowest BCUT2D eigenvalue weighted by Gasteiger charge is -2.13. The fourth-order valence-electron chi connectivity index (χ4n) is 2.38. The van der Waals surface area contributed by atoms with Crippen LogP contribution < -0.4 is 10.6 Å². The standard InChI is InChI=1S/C17H21N3O/c1-5-13(10-18-4)17(21)20-14-6-7-16-15(9-14)11(2)8-12(3)19-16/h5-9,13,18H,1,10H2,2-4H3,(H,20,21). The summed E-state index contributed by atoms with van der Waals surface area (Å²) in [4.78, 5) is 16.7. The van der Waals surface area contributed by atoms with Gasteiger partial charge >= 0.3 is 0 Å². The zero-order valence-electron chi connectivity index (χ0n) is 12.7. The number of hydrogen-bond acceptors (Lipinski definition) is 3. The molecule has 1 aromatic carbocycles. The van der Waals surface area contributed by atoms with E-state index in [1.165, 1.54) is 0 Å². The minimum Gasteiger partial charge on any atom is -0.326 e. The molecule has 110 valence electrons. The second-order valence-electron chi connectivity index (χ2n) is 5.20. The number of fused-ring (bicyclic) bond motifs is 1. The lowest BCUT2D eigenvalue weighted by atomic mass is 10.1. The van der Waals surface area contributed by atoms with Crippen molar-refractivity contribution in [3.05, 3.63) is 48.2 Å². The smallest absolute Gasteiger partial charge is 0.232 e. The van der Waals surface area contributed by atoms with Crippen LogP contribution in [0.3, 0.4) is 0 Å². The molecule has 1 unspecified atom stereocenters. The number of carbonyl (C=O) groups excluding carboxylic acids is 1. The van der Waals surface area contributed by atoms with Crippen LogP contribution in [0.1, 0.15) is 11.3 Å². The van der Waals surface area contributed by atoms with Crippen molar-refractivity contribution in [2.24, 2.45) is 5.92 Å². The van der Waals surface area contributed by atoms with E-state index >= 15 is 0 Å². The second-order valence-corrected chi connectivity index (χ2v) is 5.20. The van der Waals surface area contributed by atoms with Crippen LogP contribution in [0.2, 0.25) is 0 Å². The highest BCUT2D eigenvalue weighted by atomic mass is 16.1. The summed E-state index contributed by atoms with van der Waals surface area (Å²) >= 11 is 0. The van der Waals surface area contributed by atoms with Crippen molar-refractivity contribution in [3.8, 4) is 0 Å². The topological polar surface area (TPSA) is 54.0 Å². The van der Waals surface area contributed by atoms with Gasteiger partial charge in [-0.15, -0.1) is 6.58 Å². The Hall–Kier alpha value is -2.20. The van der Waals surface area contributed by atoms with Crippen LogP contribution >= 0.6 is 0 Å². The number of aromatic nitrogens is 1. The highest BCUT2D eigenvalue weighted by Crippen LogP contribution is 2.22. The minimum absolute atomic E-state index is 0.0589. The number of pyridine rings is 1. The van der Waals surface area contributed by atoms with Gasteiger partial charge in [-0.25, -0.2) is 0 Å². The molecule has 0 saturated heterocycles. The van der Waals surface area contributed by atoms with Crippen molar-refractivity contribution in [1.82, 2.24) is 10.3 Å². The van der Waals surface area contributed by atoms with Gasteiger partial charge in [0.05, 0.1) is 11.4 Å². The molecule has 4 heteroatoms. The largest absolute Gasteiger partial charge is 0.326 e. The number of anilines is 1. The van der Waals surface area contributed by atoms with Gasteiger partial charge in [-0.3, -0.25) is 9.78 Å². The fourth-order valence-corrected chi connectivity index (χ4v) is 2.38. The van der Waals surface area contributed by atoms with Gasteiger partial charge in [0.2, 0.25) is 5.91 Å². The van der Waals surface area contributed by atoms with E-state index in [-0.39, 0.29) is 11.8 Å². The van der Waals surface area contributed by atoms with E-state index < -0.39 is 0 Å². The molecule has 1 atom stereocenters. The Kier molecular flexibility index (Phi) is 4.70. The number of aryl methyl sites for hydroxylation is 2. The van der Waals surface area contributed by atoms with Crippen molar-refractivity contribution < 1.29 is 4.79 Å². The third-order valence-corrected chi connectivity index (χ3v) is 3.46. The molecular formula is C17H21N3O. The number of hydrogen-bond donors (Lipinski definition) is 2. The van der Waals surface area contributed by atoms with Gasteiger partial charge < -0.3 is 10.6 Å². The van der Waals surface area contributed by atoms with Crippen molar-refractivity contribution in [2.45, 2.75) is 13.8 Å². The van der Waals surface area contributed by atoms with Gasteiger partial charge in [0, 0.05) is 23.3 Å². The van der Waals surface area contributed by atoms with Crippen LogP contribution in [0.4, 0.5) is 5.69 Å². The van der Waals surface area contributed by atoms with Crippen LogP contribution in [0, 0.1) is 19.8 Å². The second kappa shape index (κ2) is 6.50. The van der Waals surface area contributed by atoms with Gasteiger partial charge in [-0.1, -0.05) is 6.08 Å². The van der Waals surface area contributed by atoms with Crippen LogP contribution in [-0.4, -0.2) is 24.5 Å². The molecule has 4 nitrogen and oxygen atoms in total. The maximum atomic E-state index is 12.2. The van der Waals surface area contributed by atoms with Gasteiger partial charge in [-0.05, 0) is 50.7 Å². The Labute approximate surface area is 125 Å².